The highest BCUT2D eigenvalue weighted by Gasteiger charge is 2.45. The summed E-state index contributed by atoms with van der Waals surface area (Å²) in [5, 5.41) is 11.4. The van der Waals surface area contributed by atoms with Crippen LogP contribution in [0, 0.1) is 0 Å². The zero-order chi connectivity index (χ0) is 28.6. The van der Waals surface area contributed by atoms with Gasteiger partial charge in [-0.05, 0) is 61.4 Å². The quantitative estimate of drug-likeness (QED) is 0.405. The predicted molar refractivity (Wildman–Crippen MR) is 155 cm³/mol. The molecule has 3 aromatic carbocycles. The normalized spacial score (nSPS) is 19.3. The average molecular weight is 582 g/mol. The number of phenolic OH excluding ortho intramolecular Hbond substituents is 1. The highest BCUT2D eigenvalue weighted by Crippen LogP contribution is 2.45. The van der Waals surface area contributed by atoms with Gasteiger partial charge in [0, 0.05) is 36.2 Å². The number of ether oxygens (including phenoxy) is 1. The van der Waals surface area contributed by atoms with Crippen LogP contribution in [0.5, 0.6) is 11.5 Å². The number of carbonyl (C=O) groups is 2. The van der Waals surface area contributed by atoms with E-state index in [1.807, 2.05) is 38.1 Å². The second-order valence-electron chi connectivity index (χ2n) is 10.2. The molecule has 1 N–H and O–H groups in total. The van der Waals surface area contributed by atoms with Gasteiger partial charge in [-0.25, -0.2) is 4.79 Å². The summed E-state index contributed by atoms with van der Waals surface area (Å²) in [6.07, 6.45) is -0.193. The van der Waals surface area contributed by atoms with E-state index >= 15 is 0 Å². The molecule has 2 aliphatic rings. The van der Waals surface area contributed by atoms with Crippen molar-refractivity contribution in [3.63, 3.8) is 0 Å². The van der Waals surface area contributed by atoms with Gasteiger partial charge in [-0.1, -0.05) is 47.5 Å². The second kappa shape index (κ2) is 11.4. The summed E-state index contributed by atoms with van der Waals surface area (Å²) in [5.74, 6) is 0.673. The van der Waals surface area contributed by atoms with Gasteiger partial charge < -0.3 is 19.6 Å². The Hall–Kier alpha value is -3.75. The van der Waals surface area contributed by atoms with Gasteiger partial charge in [0.15, 0.2) is 0 Å². The Labute approximate surface area is 243 Å². The minimum atomic E-state index is -0.559. The number of aliphatic imine (C=N–C) groups is 1. The van der Waals surface area contributed by atoms with E-state index in [0.29, 0.717) is 40.3 Å². The third-order valence-electron chi connectivity index (χ3n) is 6.99. The molecule has 1 saturated heterocycles. The van der Waals surface area contributed by atoms with E-state index in [0.717, 1.165) is 11.1 Å². The Morgan fingerprint density at radius 1 is 0.975 bits per heavy atom. The van der Waals surface area contributed by atoms with Crippen LogP contribution in [0.1, 0.15) is 42.6 Å². The first kappa shape index (κ1) is 27.8. The Bertz CT molecular complexity index is 1440. The number of aromatic hydroxyl groups is 1. The van der Waals surface area contributed by atoms with E-state index in [9.17, 15) is 14.7 Å². The lowest BCUT2D eigenvalue weighted by atomic mass is 9.93. The van der Waals surface area contributed by atoms with Crippen LogP contribution in [0.2, 0.25) is 10.0 Å². The first-order chi connectivity index (χ1) is 19.1. The summed E-state index contributed by atoms with van der Waals surface area (Å²) in [6, 6.07) is 18.1. The van der Waals surface area contributed by atoms with Crippen molar-refractivity contribution in [2.45, 2.75) is 32.0 Å². The number of amidine groups is 1. The molecule has 2 atom stereocenters. The zero-order valence-corrected chi connectivity index (χ0v) is 23.9. The first-order valence-corrected chi connectivity index (χ1v) is 13.8. The minimum Gasteiger partial charge on any atom is -0.508 e. The van der Waals surface area contributed by atoms with E-state index < -0.39 is 12.1 Å². The molecule has 0 aliphatic carbocycles. The molecule has 8 nitrogen and oxygen atoms in total. The number of rotatable bonds is 5. The lowest BCUT2D eigenvalue weighted by Crippen LogP contribution is -2.55. The number of nitrogens with zero attached hydrogens (tertiary/aromatic N) is 4. The van der Waals surface area contributed by atoms with E-state index in [2.05, 4.69) is 0 Å². The summed E-state index contributed by atoms with van der Waals surface area (Å²) < 4.78 is 6.07. The standard InChI is InChI=1S/C30H30Cl2N4O4/c1-18(2)40-25-16-23(37)12-13-24(25)29-33-27(19-4-8-21(31)9-5-19)28(20-6-10-22(32)11-7-20)36(29)30(39)35-15-14-34(3)26(38)17-35/h4-13,16,18,27-28,37H,14-15,17H2,1-3H3/t27-,28+/m0/s1. The van der Waals surface area contributed by atoms with E-state index in [1.54, 1.807) is 58.1 Å². The lowest BCUT2D eigenvalue weighted by Gasteiger charge is -2.37. The van der Waals surface area contributed by atoms with Crippen LogP contribution in [0.3, 0.4) is 0 Å². The average Bonchev–Trinajstić information content (AvgIpc) is 3.30. The molecule has 208 valence electrons. The van der Waals surface area contributed by atoms with Crippen molar-refractivity contribution < 1.29 is 19.4 Å². The van der Waals surface area contributed by atoms with Crippen molar-refractivity contribution in [2.24, 2.45) is 4.99 Å². The third kappa shape index (κ3) is 5.60. The topological polar surface area (TPSA) is 85.7 Å². The molecule has 0 unspecified atom stereocenters. The van der Waals surface area contributed by atoms with Gasteiger partial charge in [0.2, 0.25) is 5.91 Å². The van der Waals surface area contributed by atoms with E-state index in [-0.39, 0.29) is 30.3 Å². The number of benzene rings is 3. The number of hydrogen-bond acceptors (Lipinski definition) is 5. The van der Waals surface area contributed by atoms with Crippen molar-refractivity contribution in [3.05, 3.63) is 93.5 Å². The number of halogens is 2. The molecule has 0 radical (unpaired) electrons. The molecule has 0 aromatic heterocycles. The molecule has 3 aromatic rings. The molecule has 1 fully saturated rings. The van der Waals surface area contributed by atoms with Gasteiger partial charge >= 0.3 is 6.03 Å². The summed E-state index contributed by atoms with van der Waals surface area (Å²) in [4.78, 5) is 36.9. The SMILES string of the molecule is CC(C)Oc1cc(O)ccc1C1=N[C@@H](c2ccc(Cl)cc2)[C@@H](c2ccc(Cl)cc2)N1C(=O)N1CCN(C)C(=O)C1. The molecule has 0 saturated carbocycles. The van der Waals surface area contributed by atoms with Gasteiger partial charge in [0.1, 0.15) is 29.9 Å². The van der Waals surface area contributed by atoms with Gasteiger partial charge in [-0.3, -0.25) is 14.7 Å². The van der Waals surface area contributed by atoms with Crippen LogP contribution in [0.4, 0.5) is 4.79 Å². The molecular weight excluding hydrogens is 551 g/mol. The number of urea groups is 1. The first-order valence-electron chi connectivity index (χ1n) is 13.0. The predicted octanol–water partition coefficient (Wildman–Crippen LogP) is 5.93. The maximum absolute atomic E-state index is 14.4. The Kier molecular flexibility index (Phi) is 7.92. The second-order valence-corrected chi connectivity index (χ2v) is 11.1. The van der Waals surface area contributed by atoms with Crippen LogP contribution in [-0.4, -0.2) is 70.4 Å². The fraction of sp³-hybridized carbons (Fsp3) is 0.300. The number of carbonyl (C=O) groups excluding carboxylic acids is 2. The highest BCUT2D eigenvalue weighted by atomic mass is 35.5. The van der Waals surface area contributed by atoms with Gasteiger partial charge in [-0.2, -0.15) is 0 Å². The maximum atomic E-state index is 14.4. The van der Waals surface area contributed by atoms with E-state index in [4.69, 9.17) is 32.9 Å². The van der Waals surface area contributed by atoms with Crippen LogP contribution >= 0.6 is 23.2 Å². The number of likely N-dealkylation sites (N-methyl/N-ethyl adjacent to an activating group) is 1. The largest absolute Gasteiger partial charge is 0.508 e. The maximum Gasteiger partial charge on any atom is 0.326 e. The number of amides is 3. The van der Waals surface area contributed by atoms with Gasteiger partial charge in [0.25, 0.3) is 0 Å². The number of hydrogen-bond donors (Lipinski definition) is 1. The van der Waals surface area contributed by atoms with Crippen LogP contribution in [0.15, 0.2) is 71.7 Å². The molecule has 2 aliphatic heterocycles. The van der Waals surface area contributed by atoms with Gasteiger partial charge in [0.05, 0.1) is 17.7 Å². The van der Waals surface area contributed by atoms with E-state index in [1.165, 1.54) is 6.07 Å². The minimum absolute atomic E-state index is 0.0315. The smallest absolute Gasteiger partial charge is 0.326 e. The van der Waals surface area contributed by atoms with Crippen LogP contribution in [0.25, 0.3) is 0 Å². The monoisotopic (exact) mass is 580 g/mol. The molecule has 3 amide bonds. The number of phenols is 1. The summed E-state index contributed by atoms with van der Waals surface area (Å²) >= 11 is 12.4. The molecule has 10 heteroatoms. The van der Waals surface area contributed by atoms with Crippen molar-refractivity contribution >= 4 is 41.0 Å². The molecule has 5 rings (SSSR count). The van der Waals surface area contributed by atoms with Crippen LogP contribution < -0.4 is 4.74 Å². The fourth-order valence-electron chi connectivity index (χ4n) is 4.98. The van der Waals surface area contributed by atoms with Gasteiger partial charge in [-0.15, -0.1) is 0 Å². The zero-order valence-electron chi connectivity index (χ0n) is 22.4. The molecule has 40 heavy (non-hydrogen) atoms. The molecule has 0 bridgehead atoms. The molecule has 2 heterocycles. The van der Waals surface area contributed by atoms with Crippen molar-refractivity contribution in [2.75, 3.05) is 26.7 Å². The highest BCUT2D eigenvalue weighted by molar-refractivity contribution is 6.30. The molecular formula is C30H30Cl2N4O4. The fourth-order valence-corrected chi connectivity index (χ4v) is 5.23. The summed E-state index contributed by atoms with van der Waals surface area (Å²) in [7, 11) is 1.73. The number of piperazine rings is 1. The van der Waals surface area contributed by atoms with Crippen molar-refractivity contribution in [3.8, 4) is 11.5 Å². The Morgan fingerprint density at radius 2 is 1.60 bits per heavy atom. The third-order valence-corrected chi connectivity index (χ3v) is 7.50. The van der Waals surface area contributed by atoms with Crippen molar-refractivity contribution in [1.29, 1.82) is 0 Å². The summed E-state index contributed by atoms with van der Waals surface area (Å²) in [5.41, 5.74) is 2.23. The Balaban J connectivity index is 1.69. The molecule has 0 spiro atoms. The van der Waals surface area contributed by atoms with Crippen molar-refractivity contribution in [1.82, 2.24) is 14.7 Å². The van der Waals surface area contributed by atoms with Crippen LogP contribution in [-0.2, 0) is 4.79 Å². The lowest BCUT2D eigenvalue weighted by molar-refractivity contribution is -0.133. The summed E-state index contributed by atoms with van der Waals surface area (Å²) in [6.45, 7) is 4.54. The Morgan fingerprint density at radius 3 is 2.20 bits per heavy atom.